The Bertz CT molecular complexity index is 629. The second kappa shape index (κ2) is 7.56. The van der Waals surface area contributed by atoms with Crippen molar-refractivity contribution in [1.29, 1.82) is 0 Å². The Morgan fingerprint density at radius 1 is 1.41 bits per heavy atom. The van der Waals surface area contributed by atoms with Gasteiger partial charge in [-0.3, -0.25) is 9.78 Å². The van der Waals surface area contributed by atoms with Crippen LogP contribution in [0.1, 0.15) is 29.3 Å². The molecule has 116 valence electrons. The van der Waals surface area contributed by atoms with Crippen LogP contribution in [0.2, 0.25) is 0 Å². The van der Waals surface area contributed by atoms with Crippen molar-refractivity contribution in [3.05, 3.63) is 53.9 Å². The van der Waals surface area contributed by atoms with Crippen molar-refractivity contribution in [2.75, 3.05) is 12.8 Å². The van der Waals surface area contributed by atoms with E-state index in [2.05, 4.69) is 10.3 Å². The number of nitrogen functional groups attached to an aromatic ring is 1. The number of rotatable bonds is 7. The quantitative estimate of drug-likeness (QED) is 0.606. The second-order valence-electron chi connectivity index (χ2n) is 5.02. The molecule has 0 aliphatic rings. The third-order valence-electron chi connectivity index (χ3n) is 3.51. The lowest BCUT2D eigenvalue weighted by Crippen LogP contribution is -2.35. The van der Waals surface area contributed by atoms with E-state index in [9.17, 15) is 4.79 Å². The number of carbonyl (C=O) groups is 1. The molecule has 1 heterocycles. The summed E-state index contributed by atoms with van der Waals surface area (Å²) in [6.07, 6.45) is 4.21. The maximum atomic E-state index is 12.6. The van der Waals surface area contributed by atoms with Crippen LogP contribution in [-0.4, -0.2) is 23.9 Å². The second-order valence-corrected chi connectivity index (χ2v) is 5.02. The SMILES string of the molecule is CCC(NCc1cccnc1)C(=O)c1ccc(OC)c(N)c1. The summed E-state index contributed by atoms with van der Waals surface area (Å²) in [6.45, 7) is 2.58. The molecule has 1 aromatic heterocycles. The molecule has 0 saturated heterocycles. The molecule has 3 N–H and O–H groups in total. The number of nitrogens with zero attached hydrogens (tertiary/aromatic N) is 1. The molecular formula is C17H21N3O2. The molecule has 22 heavy (non-hydrogen) atoms. The van der Waals surface area contributed by atoms with Crippen LogP contribution in [-0.2, 0) is 6.54 Å². The van der Waals surface area contributed by atoms with Gasteiger partial charge in [-0.15, -0.1) is 0 Å². The highest BCUT2D eigenvalue weighted by molar-refractivity contribution is 6.01. The van der Waals surface area contributed by atoms with E-state index in [0.717, 1.165) is 5.56 Å². The minimum Gasteiger partial charge on any atom is -0.495 e. The Labute approximate surface area is 130 Å². The summed E-state index contributed by atoms with van der Waals surface area (Å²) < 4.78 is 5.11. The molecule has 0 aliphatic carbocycles. The van der Waals surface area contributed by atoms with Crippen molar-refractivity contribution < 1.29 is 9.53 Å². The third kappa shape index (κ3) is 3.83. The fourth-order valence-electron chi connectivity index (χ4n) is 2.25. The number of nitrogens with two attached hydrogens (primary N) is 1. The summed E-state index contributed by atoms with van der Waals surface area (Å²) >= 11 is 0. The lowest BCUT2D eigenvalue weighted by Gasteiger charge is -2.16. The maximum Gasteiger partial charge on any atom is 0.179 e. The number of benzene rings is 1. The molecule has 1 unspecified atom stereocenters. The number of ketones is 1. The van der Waals surface area contributed by atoms with Gasteiger partial charge in [0, 0.05) is 24.5 Å². The fraction of sp³-hybridized carbons (Fsp3) is 0.294. The molecule has 0 bridgehead atoms. The minimum atomic E-state index is -0.256. The van der Waals surface area contributed by atoms with Crippen LogP contribution in [0.15, 0.2) is 42.7 Å². The number of carbonyl (C=O) groups excluding carboxylic acids is 1. The molecule has 0 amide bonds. The van der Waals surface area contributed by atoms with Crippen LogP contribution in [0.5, 0.6) is 5.75 Å². The molecule has 2 aromatic rings. The molecule has 1 aromatic carbocycles. The van der Waals surface area contributed by atoms with Gasteiger partial charge >= 0.3 is 0 Å². The van der Waals surface area contributed by atoms with E-state index in [-0.39, 0.29) is 11.8 Å². The van der Waals surface area contributed by atoms with E-state index in [1.807, 2.05) is 19.1 Å². The van der Waals surface area contributed by atoms with Crippen molar-refractivity contribution >= 4 is 11.5 Å². The van der Waals surface area contributed by atoms with Gasteiger partial charge < -0.3 is 15.8 Å². The monoisotopic (exact) mass is 299 g/mol. The van der Waals surface area contributed by atoms with Crippen LogP contribution in [0.25, 0.3) is 0 Å². The summed E-state index contributed by atoms with van der Waals surface area (Å²) in [7, 11) is 1.55. The number of pyridine rings is 1. The summed E-state index contributed by atoms with van der Waals surface area (Å²) in [5, 5.41) is 3.27. The number of methoxy groups -OCH3 is 1. The fourth-order valence-corrected chi connectivity index (χ4v) is 2.25. The third-order valence-corrected chi connectivity index (χ3v) is 3.51. The molecule has 1 atom stereocenters. The van der Waals surface area contributed by atoms with Crippen LogP contribution in [0.3, 0.4) is 0 Å². The molecule has 2 rings (SSSR count). The first-order valence-corrected chi connectivity index (χ1v) is 7.25. The van der Waals surface area contributed by atoms with Crippen molar-refractivity contribution in [2.45, 2.75) is 25.9 Å². The Morgan fingerprint density at radius 2 is 2.23 bits per heavy atom. The first-order chi connectivity index (χ1) is 10.7. The topological polar surface area (TPSA) is 77.2 Å². The zero-order chi connectivity index (χ0) is 15.9. The molecule has 5 nitrogen and oxygen atoms in total. The number of nitrogens with one attached hydrogen (secondary N) is 1. The molecule has 5 heteroatoms. The van der Waals surface area contributed by atoms with Gasteiger partial charge in [-0.25, -0.2) is 0 Å². The van der Waals surface area contributed by atoms with Crippen LogP contribution in [0.4, 0.5) is 5.69 Å². The van der Waals surface area contributed by atoms with Gasteiger partial charge in [-0.05, 0) is 36.2 Å². The lowest BCUT2D eigenvalue weighted by molar-refractivity contribution is 0.0939. The van der Waals surface area contributed by atoms with E-state index in [4.69, 9.17) is 10.5 Å². The van der Waals surface area contributed by atoms with E-state index >= 15 is 0 Å². The van der Waals surface area contributed by atoms with Gasteiger partial charge in [-0.2, -0.15) is 0 Å². The van der Waals surface area contributed by atoms with Crippen molar-refractivity contribution in [1.82, 2.24) is 10.3 Å². The van der Waals surface area contributed by atoms with Crippen LogP contribution >= 0.6 is 0 Å². The number of hydrogen-bond donors (Lipinski definition) is 2. The smallest absolute Gasteiger partial charge is 0.179 e. The van der Waals surface area contributed by atoms with Crippen LogP contribution < -0.4 is 15.8 Å². The predicted molar refractivity (Wildman–Crippen MR) is 86.9 cm³/mol. The molecule has 0 spiro atoms. The molecule has 0 fully saturated rings. The summed E-state index contributed by atoms with van der Waals surface area (Å²) in [5.74, 6) is 0.605. The zero-order valence-electron chi connectivity index (χ0n) is 12.9. The van der Waals surface area contributed by atoms with Crippen molar-refractivity contribution in [2.24, 2.45) is 0 Å². The molecular weight excluding hydrogens is 278 g/mol. The summed E-state index contributed by atoms with van der Waals surface area (Å²) in [5.41, 5.74) is 7.97. The van der Waals surface area contributed by atoms with E-state index < -0.39 is 0 Å². The number of aromatic nitrogens is 1. The van der Waals surface area contributed by atoms with Gasteiger partial charge in [0.2, 0.25) is 0 Å². The Kier molecular flexibility index (Phi) is 5.49. The van der Waals surface area contributed by atoms with Gasteiger partial charge in [0.1, 0.15) is 5.75 Å². The Balaban J connectivity index is 2.06. The average molecular weight is 299 g/mol. The number of anilines is 1. The first kappa shape index (κ1) is 16.0. The summed E-state index contributed by atoms with van der Waals surface area (Å²) in [6, 6.07) is 8.72. The first-order valence-electron chi connectivity index (χ1n) is 7.25. The van der Waals surface area contributed by atoms with Crippen molar-refractivity contribution in [3.8, 4) is 5.75 Å². The normalized spacial score (nSPS) is 11.9. The molecule has 0 radical (unpaired) electrons. The lowest BCUT2D eigenvalue weighted by atomic mass is 10.0. The Hall–Kier alpha value is -2.40. The maximum absolute atomic E-state index is 12.6. The number of hydrogen-bond acceptors (Lipinski definition) is 5. The van der Waals surface area contributed by atoms with E-state index in [0.29, 0.717) is 30.0 Å². The van der Waals surface area contributed by atoms with E-state index in [1.54, 1.807) is 37.7 Å². The minimum absolute atomic E-state index is 0.0285. The van der Waals surface area contributed by atoms with Crippen molar-refractivity contribution in [3.63, 3.8) is 0 Å². The highest BCUT2D eigenvalue weighted by Crippen LogP contribution is 2.22. The summed E-state index contributed by atoms with van der Waals surface area (Å²) in [4.78, 5) is 16.6. The number of ether oxygens (including phenoxy) is 1. The largest absolute Gasteiger partial charge is 0.495 e. The standard InChI is InChI=1S/C17H21N3O2/c1-3-15(20-11-12-5-4-8-19-10-12)17(21)13-6-7-16(22-2)14(18)9-13/h4-10,15,20H,3,11,18H2,1-2H3. The Morgan fingerprint density at radius 3 is 2.82 bits per heavy atom. The average Bonchev–Trinajstić information content (AvgIpc) is 2.56. The van der Waals surface area contributed by atoms with Gasteiger partial charge in [0.25, 0.3) is 0 Å². The predicted octanol–water partition coefficient (Wildman–Crippen LogP) is 2.42. The van der Waals surface area contributed by atoms with Gasteiger partial charge in [-0.1, -0.05) is 13.0 Å². The highest BCUT2D eigenvalue weighted by Gasteiger charge is 2.18. The zero-order valence-corrected chi connectivity index (χ0v) is 12.9. The highest BCUT2D eigenvalue weighted by atomic mass is 16.5. The molecule has 0 saturated carbocycles. The number of Topliss-reactive ketones (excluding diaryl/α,β-unsaturated/α-hetero) is 1. The van der Waals surface area contributed by atoms with Gasteiger partial charge in [0.15, 0.2) is 5.78 Å². The van der Waals surface area contributed by atoms with E-state index in [1.165, 1.54) is 0 Å². The van der Waals surface area contributed by atoms with Gasteiger partial charge in [0.05, 0.1) is 18.8 Å². The molecule has 0 aliphatic heterocycles. The van der Waals surface area contributed by atoms with Crippen LogP contribution in [0, 0.1) is 0 Å².